The molecule has 0 amide bonds. The van der Waals surface area contributed by atoms with Crippen LogP contribution in [0.2, 0.25) is 5.02 Å². The summed E-state index contributed by atoms with van der Waals surface area (Å²) in [6.45, 7) is 2.00. The fraction of sp³-hybridized carbons (Fsp3) is 0.286. The first-order chi connectivity index (χ1) is 8.61. The number of halogens is 2. The molecule has 1 heterocycles. The molecule has 2 rings (SSSR count). The van der Waals surface area contributed by atoms with Crippen LogP contribution in [0.5, 0.6) is 0 Å². The predicted molar refractivity (Wildman–Crippen MR) is 70.1 cm³/mol. The number of hydrogen-bond acceptors (Lipinski definition) is 2. The first-order valence-electron chi connectivity index (χ1n) is 5.87. The van der Waals surface area contributed by atoms with Gasteiger partial charge in [-0.05, 0) is 36.2 Å². The molecule has 96 valence electrons. The predicted octanol–water partition coefficient (Wildman–Crippen LogP) is 3.88. The van der Waals surface area contributed by atoms with Crippen LogP contribution in [0.4, 0.5) is 4.39 Å². The van der Waals surface area contributed by atoms with Crippen LogP contribution >= 0.6 is 11.6 Å². The van der Waals surface area contributed by atoms with Gasteiger partial charge in [0.05, 0.1) is 6.26 Å². The smallest absolute Gasteiger partial charge is 0.126 e. The zero-order valence-corrected chi connectivity index (χ0v) is 10.9. The summed E-state index contributed by atoms with van der Waals surface area (Å²) in [6, 6.07) is 6.06. The molecule has 0 spiro atoms. The highest BCUT2D eigenvalue weighted by Crippen LogP contribution is 2.24. The van der Waals surface area contributed by atoms with Crippen molar-refractivity contribution in [3.05, 3.63) is 58.3 Å². The second-order valence-electron chi connectivity index (χ2n) is 4.20. The van der Waals surface area contributed by atoms with E-state index in [4.69, 9.17) is 21.8 Å². The topological polar surface area (TPSA) is 39.2 Å². The maximum atomic E-state index is 13.6. The van der Waals surface area contributed by atoms with E-state index in [0.717, 1.165) is 17.7 Å². The zero-order chi connectivity index (χ0) is 13.1. The lowest BCUT2D eigenvalue weighted by Gasteiger charge is -2.12. The minimum absolute atomic E-state index is 0.281. The standard InChI is InChI=1S/C14H15ClFNO/c1-2-14-11(5-6-18-14)13(17)8-9-7-10(15)3-4-12(9)16/h3-7,13H,2,8,17H2,1H3. The third-order valence-corrected chi connectivity index (χ3v) is 3.18. The van der Waals surface area contributed by atoms with E-state index in [2.05, 4.69) is 0 Å². The van der Waals surface area contributed by atoms with Crippen LogP contribution < -0.4 is 5.73 Å². The van der Waals surface area contributed by atoms with Gasteiger partial charge >= 0.3 is 0 Å². The monoisotopic (exact) mass is 267 g/mol. The minimum Gasteiger partial charge on any atom is -0.469 e. The van der Waals surface area contributed by atoms with Crippen molar-refractivity contribution in [1.82, 2.24) is 0 Å². The summed E-state index contributed by atoms with van der Waals surface area (Å²) < 4.78 is 18.9. The molecule has 0 bridgehead atoms. The van der Waals surface area contributed by atoms with E-state index >= 15 is 0 Å². The molecule has 1 unspecified atom stereocenters. The molecule has 0 saturated heterocycles. The largest absolute Gasteiger partial charge is 0.469 e. The van der Waals surface area contributed by atoms with E-state index in [1.54, 1.807) is 12.3 Å². The SMILES string of the molecule is CCc1occc1C(N)Cc1cc(Cl)ccc1F. The molecule has 0 aliphatic rings. The van der Waals surface area contributed by atoms with Crippen LogP contribution in [0.1, 0.15) is 29.9 Å². The van der Waals surface area contributed by atoms with Crippen molar-refractivity contribution >= 4 is 11.6 Å². The lowest BCUT2D eigenvalue weighted by Crippen LogP contribution is -2.15. The second kappa shape index (κ2) is 5.55. The Kier molecular flexibility index (Phi) is 4.04. The first kappa shape index (κ1) is 13.1. The Labute approximate surface area is 111 Å². The van der Waals surface area contributed by atoms with E-state index in [9.17, 15) is 4.39 Å². The highest BCUT2D eigenvalue weighted by molar-refractivity contribution is 6.30. The van der Waals surface area contributed by atoms with Crippen molar-refractivity contribution in [2.24, 2.45) is 5.73 Å². The van der Waals surface area contributed by atoms with Gasteiger partial charge in [0.15, 0.2) is 0 Å². The van der Waals surface area contributed by atoms with E-state index in [1.165, 1.54) is 12.1 Å². The van der Waals surface area contributed by atoms with Crippen molar-refractivity contribution in [1.29, 1.82) is 0 Å². The molecule has 1 aromatic heterocycles. The highest BCUT2D eigenvalue weighted by Gasteiger charge is 2.15. The number of aryl methyl sites for hydroxylation is 1. The van der Waals surface area contributed by atoms with Crippen molar-refractivity contribution in [2.75, 3.05) is 0 Å². The van der Waals surface area contributed by atoms with Gasteiger partial charge in [0.1, 0.15) is 11.6 Å². The Hall–Kier alpha value is -1.32. The Morgan fingerprint density at radius 3 is 2.89 bits per heavy atom. The molecule has 2 aromatic rings. The van der Waals surface area contributed by atoms with Crippen LogP contribution in [-0.2, 0) is 12.8 Å². The molecule has 1 aromatic carbocycles. The van der Waals surface area contributed by atoms with Crippen LogP contribution in [0.15, 0.2) is 34.9 Å². The molecule has 0 fully saturated rings. The van der Waals surface area contributed by atoms with Crippen molar-refractivity contribution in [2.45, 2.75) is 25.8 Å². The Morgan fingerprint density at radius 2 is 2.17 bits per heavy atom. The van der Waals surface area contributed by atoms with Crippen LogP contribution in [-0.4, -0.2) is 0 Å². The lowest BCUT2D eigenvalue weighted by molar-refractivity contribution is 0.504. The minimum atomic E-state index is -0.285. The van der Waals surface area contributed by atoms with Gasteiger partial charge < -0.3 is 10.2 Å². The average Bonchev–Trinajstić information content (AvgIpc) is 2.82. The summed E-state index contributed by atoms with van der Waals surface area (Å²) in [4.78, 5) is 0. The number of hydrogen-bond donors (Lipinski definition) is 1. The summed E-state index contributed by atoms with van der Waals surface area (Å²) in [5.74, 6) is 0.571. The van der Waals surface area contributed by atoms with Crippen molar-refractivity contribution in [3.63, 3.8) is 0 Å². The first-order valence-corrected chi connectivity index (χ1v) is 6.25. The molecular weight excluding hydrogens is 253 g/mol. The second-order valence-corrected chi connectivity index (χ2v) is 4.64. The van der Waals surface area contributed by atoms with Crippen LogP contribution in [0.25, 0.3) is 0 Å². The maximum Gasteiger partial charge on any atom is 0.126 e. The molecule has 0 aliphatic heterocycles. The summed E-state index contributed by atoms with van der Waals surface area (Å²) in [6.07, 6.45) is 2.79. The molecule has 0 radical (unpaired) electrons. The molecule has 4 heteroatoms. The van der Waals surface area contributed by atoms with Gasteiger partial charge in [-0.3, -0.25) is 0 Å². The van der Waals surface area contributed by atoms with E-state index in [-0.39, 0.29) is 11.9 Å². The molecule has 2 nitrogen and oxygen atoms in total. The summed E-state index contributed by atoms with van der Waals surface area (Å²) in [7, 11) is 0. The Balaban J connectivity index is 2.21. The van der Waals surface area contributed by atoms with E-state index in [1.807, 2.05) is 13.0 Å². The van der Waals surface area contributed by atoms with Crippen molar-refractivity contribution < 1.29 is 8.81 Å². The maximum absolute atomic E-state index is 13.6. The third-order valence-electron chi connectivity index (χ3n) is 2.95. The third kappa shape index (κ3) is 2.74. The van der Waals surface area contributed by atoms with Crippen LogP contribution in [0, 0.1) is 5.82 Å². The zero-order valence-electron chi connectivity index (χ0n) is 10.1. The number of rotatable bonds is 4. The van der Waals surface area contributed by atoms with Crippen LogP contribution in [0.3, 0.4) is 0 Å². The van der Waals surface area contributed by atoms with E-state index < -0.39 is 0 Å². The molecular formula is C14H15ClFNO. The van der Waals surface area contributed by atoms with Gasteiger partial charge in [0.2, 0.25) is 0 Å². The quantitative estimate of drug-likeness (QED) is 0.913. The molecule has 1 atom stereocenters. The molecule has 2 N–H and O–H groups in total. The summed E-state index contributed by atoms with van der Waals surface area (Å²) >= 11 is 5.86. The summed E-state index contributed by atoms with van der Waals surface area (Å²) in [5.41, 5.74) is 7.55. The highest BCUT2D eigenvalue weighted by atomic mass is 35.5. The number of furan rings is 1. The lowest BCUT2D eigenvalue weighted by atomic mass is 9.99. The normalized spacial score (nSPS) is 12.7. The summed E-state index contributed by atoms with van der Waals surface area (Å²) in [5, 5.41) is 0.515. The van der Waals surface area contributed by atoms with Gasteiger partial charge in [0, 0.05) is 23.0 Å². The van der Waals surface area contributed by atoms with Gasteiger partial charge in [-0.25, -0.2) is 4.39 Å². The van der Waals surface area contributed by atoms with Crippen molar-refractivity contribution in [3.8, 4) is 0 Å². The number of benzene rings is 1. The fourth-order valence-electron chi connectivity index (χ4n) is 2.01. The molecule has 0 saturated carbocycles. The fourth-order valence-corrected chi connectivity index (χ4v) is 2.21. The molecule has 0 aliphatic carbocycles. The Bertz CT molecular complexity index is 538. The van der Waals surface area contributed by atoms with Gasteiger partial charge in [0.25, 0.3) is 0 Å². The average molecular weight is 268 g/mol. The van der Waals surface area contributed by atoms with Gasteiger partial charge in [-0.15, -0.1) is 0 Å². The number of nitrogens with two attached hydrogens (primary N) is 1. The Morgan fingerprint density at radius 1 is 1.39 bits per heavy atom. The van der Waals surface area contributed by atoms with Gasteiger partial charge in [-0.1, -0.05) is 18.5 Å². The van der Waals surface area contributed by atoms with Gasteiger partial charge in [-0.2, -0.15) is 0 Å². The molecule has 18 heavy (non-hydrogen) atoms. The van der Waals surface area contributed by atoms with E-state index in [0.29, 0.717) is 17.0 Å².